The minimum absolute atomic E-state index is 0.133. The highest BCUT2D eigenvalue weighted by molar-refractivity contribution is 9.10. The van der Waals surface area contributed by atoms with E-state index in [0.29, 0.717) is 4.47 Å². The van der Waals surface area contributed by atoms with Gasteiger partial charge in [0.05, 0.1) is 5.69 Å². The summed E-state index contributed by atoms with van der Waals surface area (Å²) in [4.78, 5) is 3.81. The van der Waals surface area contributed by atoms with Crippen LogP contribution < -0.4 is 0 Å². The Labute approximate surface area is 87.5 Å². The molecule has 2 rings (SSSR count). The van der Waals surface area contributed by atoms with Crippen LogP contribution >= 0.6 is 15.9 Å². The molecular formula is C9H7BrF3N. The summed E-state index contributed by atoms with van der Waals surface area (Å²) < 4.78 is 38.6. The van der Waals surface area contributed by atoms with Crippen molar-refractivity contribution in [3.8, 4) is 0 Å². The van der Waals surface area contributed by atoms with Crippen LogP contribution in [0.2, 0.25) is 0 Å². The van der Waals surface area contributed by atoms with Crippen LogP contribution in [0.3, 0.4) is 0 Å². The number of pyridine rings is 1. The van der Waals surface area contributed by atoms with Crippen LogP contribution in [0.5, 0.6) is 0 Å². The lowest BCUT2D eigenvalue weighted by molar-refractivity contribution is -0.161. The molecule has 1 heterocycles. The van der Waals surface area contributed by atoms with Gasteiger partial charge < -0.3 is 0 Å². The smallest absolute Gasteiger partial charge is 0.259 e. The van der Waals surface area contributed by atoms with Gasteiger partial charge in [-0.25, -0.2) is 0 Å². The number of rotatable bonds is 1. The molecule has 0 unspecified atom stereocenters. The molecule has 0 N–H and O–H groups in total. The van der Waals surface area contributed by atoms with Crippen LogP contribution in [0.4, 0.5) is 13.2 Å². The van der Waals surface area contributed by atoms with E-state index in [1.165, 1.54) is 12.3 Å². The molecule has 0 amide bonds. The number of aromatic nitrogens is 1. The second-order valence-electron chi connectivity index (χ2n) is 3.44. The Balaban J connectivity index is 2.36. The van der Waals surface area contributed by atoms with E-state index in [1.54, 1.807) is 6.07 Å². The van der Waals surface area contributed by atoms with Crippen molar-refractivity contribution >= 4 is 15.9 Å². The van der Waals surface area contributed by atoms with Gasteiger partial charge in [0.1, 0.15) is 5.41 Å². The van der Waals surface area contributed by atoms with E-state index in [0.717, 1.165) is 0 Å². The van der Waals surface area contributed by atoms with E-state index >= 15 is 0 Å². The third-order valence-corrected chi connectivity index (χ3v) is 2.98. The minimum Gasteiger partial charge on any atom is -0.259 e. The molecule has 1 saturated carbocycles. The highest BCUT2D eigenvalue weighted by atomic mass is 79.9. The van der Waals surface area contributed by atoms with Crippen LogP contribution in [0.15, 0.2) is 22.8 Å². The van der Waals surface area contributed by atoms with Gasteiger partial charge in [-0.15, -0.1) is 0 Å². The third-order valence-electron chi connectivity index (χ3n) is 2.51. The molecule has 0 atom stereocenters. The zero-order valence-electron chi connectivity index (χ0n) is 7.11. The number of hydrogen-bond donors (Lipinski definition) is 0. The minimum atomic E-state index is -4.17. The first-order chi connectivity index (χ1) is 6.46. The summed E-state index contributed by atoms with van der Waals surface area (Å²) in [5.74, 6) is 0. The highest BCUT2D eigenvalue weighted by Gasteiger charge is 2.65. The van der Waals surface area contributed by atoms with Gasteiger partial charge in [-0.05, 0) is 40.9 Å². The lowest BCUT2D eigenvalue weighted by Crippen LogP contribution is -2.29. The van der Waals surface area contributed by atoms with E-state index in [2.05, 4.69) is 20.9 Å². The molecule has 76 valence electrons. The van der Waals surface area contributed by atoms with Crippen LogP contribution in [-0.2, 0) is 5.41 Å². The molecule has 1 aliphatic rings. The molecule has 5 heteroatoms. The Morgan fingerprint density at radius 1 is 1.29 bits per heavy atom. The molecule has 0 spiro atoms. The predicted molar refractivity (Wildman–Crippen MR) is 48.9 cm³/mol. The van der Waals surface area contributed by atoms with Crippen LogP contribution in [0.1, 0.15) is 18.5 Å². The summed E-state index contributed by atoms with van der Waals surface area (Å²) in [7, 11) is 0. The van der Waals surface area contributed by atoms with E-state index in [1.807, 2.05) is 0 Å². The van der Waals surface area contributed by atoms with Crippen molar-refractivity contribution in [1.29, 1.82) is 0 Å². The molecule has 1 aromatic heterocycles. The van der Waals surface area contributed by atoms with Gasteiger partial charge in [0, 0.05) is 10.7 Å². The van der Waals surface area contributed by atoms with Gasteiger partial charge in [0.25, 0.3) is 0 Å². The number of hydrogen-bond acceptors (Lipinski definition) is 1. The standard InChI is InChI=1S/C9H7BrF3N/c10-6-1-2-7(14-5-6)8(3-4-8)9(11,12)13/h1-2,5H,3-4H2. The van der Waals surface area contributed by atoms with Gasteiger partial charge >= 0.3 is 6.18 Å². The molecule has 0 saturated heterocycles. The molecule has 0 aromatic carbocycles. The molecule has 1 aromatic rings. The van der Waals surface area contributed by atoms with Gasteiger partial charge in [0.15, 0.2) is 0 Å². The first-order valence-corrected chi connectivity index (χ1v) is 4.94. The average molecular weight is 266 g/mol. The topological polar surface area (TPSA) is 12.9 Å². The fraction of sp³-hybridized carbons (Fsp3) is 0.444. The maximum absolute atomic E-state index is 12.6. The summed E-state index contributed by atoms with van der Waals surface area (Å²) in [5.41, 5.74) is -1.53. The summed E-state index contributed by atoms with van der Waals surface area (Å²) in [6, 6.07) is 3.03. The Morgan fingerprint density at radius 2 is 1.93 bits per heavy atom. The van der Waals surface area contributed by atoms with Crippen molar-refractivity contribution < 1.29 is 13.2 Å². The number of halogens is 4. The van der Waals surface area contributed by atoms with Crippen LogP contribution in [-0.4, -0.2) is 11.2 Å². The van der Waals surface area contributed by atoms with E-state index in [4.69, 9.17) is 0 Å². The van der Waals surface area contributed by atoms with Crippen molar-refractivity contribution in [3.05, 3.63) is 28.5 Å². The summed E-state index contributed by atoms with van der Waals surface area (Å²) in [5, 5.41) is 0. The number of nitrogens with zero attached hydrogens (tertiary/aromatic N) is 1. The first-order valence-electron chi connectivity index (χ1n) is 4.14. The summed E-state index contributed by atoms with van der Waals surface area (Å²) in [6.07, 6.45) is -2.45. The highest BCUT2D eigenvalue weighted by Crippen LogP contribution is 2.58. The van der Waals surface area contributed by atoms with E-state index in [9.17, 15) is 13.2 Å². The predicted octanol–water partition coefficient (Wildman–Crippen LogP) is 3.44. The maximum atomic E-state index is 12.6. The molecule has 0 radical (unpaired) electrons. The van der Waals surface area contributed by atoms with Gasteiger partial charge in [0.2, 0.25) is 0 Å². The van der Waals surface area contributed by atoms with Crippen molar-refractivity contribution in [3.63, 3.8) is 0 Å². The second-order valence-corrected chi connectivity index (χ2v) is 4.36. The fourth-order valence-electron chi connectivity index (χ4n) is 1.47. The van der Waals surface area contributed by atoms with Crippen molar-refractivity contribution in [2.24, 2.45) is 0 Å². The lowest BCUT2D eigenvalue weighted by Gasteiger charge is -2.18. The van der Waals surface area contributed by atoms with E-state index in [-0.39, 0.29) is 18.5 Å². The zero-order valence-corrected chi connectivity index (χ0v) is 8.69. The molecule has 0 aliphatic heterocycles. The molecule has 1 fully saturated rings. The quantitative estimate of drug-likeness (QED) is 0.758. The monoisotopic (exact) mass is 265 g/mol. The second kappa shape index (κ2) is 2.95. The van der Waals surface area contributed by atoms with Gasteiger partial charge in [-0.3, -0.25) is 4.98 Å². The van der Waals surface area contributed by atoms with Gasteiger partial charge in [-0.1, -0.05) is 0 Å². The van der Waals surface area contributed by atoms with E-state index < -0.39 is 11.6 Å². The first kappa shape index (κ1) is 9.96. The third kappa shape index (κ3) is 1.43. The Morgan fingerprint density at radius 3 is 2.29 bits per heavy atom. The van der Waals surface area contributed by atoms with Crippen LogP contribution in [0, 0.1) is 0 Å². The Bertz CT molecular complexity index is 340. The number of alkyl halides is 3. The van der Waals surface area contributed by atoms with Crippen molar-refractivity contribution in [2.75, 3.05) is 0 Å². The fourth-order valence-corrected chi connectivity index (χ4v) is 1.70. The molecular weight excluding hydrogens is 259 g/mol. The maximum Gasteiger partial charge on any atom is 0.399 e. The zero-order chi connectivity index (χ0) is 10.4. The summed E-state index contributed by atoms with van der Waals surface area (Å²) in [6.45, 7) is 0. The molecule has 0 bridgehead atoms. The van der Waals surface area contributed by atoms with Crippen molar-refractivity contribution in [1.82, 2.24) is 4.98 Å². The van der Waals surface area contributed by atoms with Crippen molar-refractivity contribution in [2.45, 2.75) is 24.4 Å². The Hall–Kier alpha value is -0.580. The summed E-state index contributed by atoms with van der Waals surface area (Å²) >= 11 is 3.14. The lowest BCUT2D eigenvalue weighted by atomic mass is 10.0. The van der Waals surface area contributed by atoms with Crippen LogP contribution in [0.25, 0.3) is 0 Å². The molecule has 1 nitrogen and oxygen atoms in total. The SMILES string of the molecule is FC(F)(F)C1(c2ccc(Br)cn2)CC1. The normalized spacial score (nSPS) is 19.4. The molecule has 1 aliphatic carbocycles. The van der Waals surface area contributed by atoms with Gasteiger partial charge in [-0.2, -0.15) is 13.2 Å². The molecule has 14 heavy (non-hydrogen) atoms. The Kier molecular flexibility index (Phi) is 2.10. The average Bonchev–Trinajstić information content (AvgIpc) is 2.84. The largest absolute Gasteiger partial charge is 0.399 e.